The smallest absolute Gasteiger partial charge is 0.322 e. The molecule has 6 nitrogen and oxygen atoms in total. The van der Waals surface area contributed by atoms with Gasteiger partial charge in [0, 0.05) is 0 Å². The number of hydrogen-bond donors (Lipinski definition) is 2. The zero-order chi connectivity index (χ0) is 15.8. The quantitative estimate of drug-likeness (QED) is 0.493. The molecule has 0 aromatic heterocycles. The Bertz CT molecular complexity index is 536. The second kappa shape index (κ2) is 8.47. The number of nitrogens with two attached hydrogens (primary N) is 1. The molecule has 0 amide bonds. The maximum absolute atomic E-state index is 10.5. The Kier molecular flexibility index (Phi) is 7.75. The van der Waals surface area contributed by atoms with E-state index in [4.69, 9.17) is 10.3 Å². The number of benzene rings is 1. The van der Waals surface area contributed by atoms with Gasteiger partial charge in [0.1, 0.15) is 6.04 Å². The molecule has 20 heavy (non-hydrogen) atoms. The van der Waals surface area contributed by atoms with Crippen molar-refractivity contribution in [3.05, 3.63) is 42.5 Å². The van der Waals surface area contributed by atoms with Crippen LogP contribution in [-0.4, -0.2) is 32.1 Å². The molecule has 0 bridgehead atoms. The molecule has 1 unspecified atom stereocenters. The maximum atomic E-state index is 10.5. The average Bonchev–Trinajstić information content (AvgIpc) is 2.38. The minimum atomic E-state index is -4.02. The summed E-state index contributed by atoms with van der Waals surface area (Å²) in [5.41, 5.74) is 6.25. The molecule has 0 aliphatic rings. The third-order valence-electron chi connectivity index (χ3n) is 2.24. The van der Waals surface area contributed by atoms with Gasteiger partial charge < -0.3 is 10.5 Å². The number of carbonyl (C=O) groups is 1. The lowest BCUT2D eigenvalue weighted by atomic mass is 10.2. The zero-order valence-electron chi connectivity index (χ0n) is 11.4. The van der Waals surface area contributed by atoms with Crippen molar-refractivity contribution in [1.29, 1.82) is 0 Å². The zero-order valence-corrected chi connectivity index (χ0v) is 12.3. The van der Waals surface area contributed by atoms with Gasteiger partial charge in [0.15, 0.2) is 0 Å². The van der Waals surface area contributed by atoms with Crippen molar-refractivity contribution in [3.8, 4) is 0 Å². The highest BCUT2D eigenvalue weighted by atomic mass is 32.2. The second-order valence-corrected chi connectivity index (χ2v) is 5.36. The van der Waals surface area contributed by atoms with Crippen molar-refractivity contribution in [1.82, 2.24) is 0 Å². The van der Waals surface area contributed by atoms with Gasteiger partial charge in [0.05, 0.1) is 12.0 Å². The number of methoxy groups -OCH3 is 1. The predicted octanol–water partition coefficient (Wildman–Crippen LogP) is 1.30. The van der Waals surface area contributed by atoms with E-state index in [0.29, 0.717) is 6.42 Å². The molecule has 1 atom stereocenters. The fraction of sp³-hybridized carbons (Fsp3) is 0.308. The summed E-state index contributed by atoms with van der Waals surface area (Å²) < 4.78 is 33.9. The van der Waals surface area contributed by atoms with Crippen LogP contribution in [0.4, 0.5) is 0 Å². The lowest BCUT2D eigenvalue weighted by molar-refractivity contribution is -0.142. The van der Waals surface area contributed by atoms with Crippen LogP contribution in [0.1, 0.15) is 12.0 Å². The monoisotopic (exact) mass is 301 g/mol. The highest BCUT2D eigenvalue weighted by molar-refractivity contribution is 7.85. The summed E-state index contributed by atoms with van der Waals surface area (Å²) in [6.07, 6.45) is 2.05. The third-order valence-corrected chi connectivity index (χ3v) is 3.11. The molecule has 0 aliphatic heterocycles. The second-order valence-electron chi connectivity index (χ2n) is 3.94. The summed E-state index contributed by atoms with van der Waals surface area (Å²) >= 11 is 0. The number of carbonyl (C=O) groups excluding carboxylic acids is 1. The van der Waals surface area contributed by atoms with Gasteiger partial charge in [0.25, 0.3) is 10.1 Å². The van der Waals surface area contributed by atoms with Crippen LogP contribution in [0.15, 0.2) is 41.8 Å². The minimum absolute atomic E-state index is 0.0666. The summed E-state index contributed by atoms with van der Waals surface area (Å²) in [6, 6.07) is 5.44. The van der Waals surface area contributed by atoms with Crippen molar-refractivity contribution in [2.45, 2.75) is 24.3 Å². The molecule has 0 spiro atoms. The summed E-state index contributed by atoms with van der Waals surface area (Å²) in [5.74, 6) is -0.394. The first-order valence-electron chi connectivity index (χ1n) is 5.70. The van der Waals surface area contributed by atoms with Crippen molar-refractivity contribution >= 4 is 16.1 Å². The molecule has 0 aliphatic carbocycles. The predicted molar refractivity (Wildman–Crippen MR) is 75.8 cm³/mol. The summed E-state index contributed by atoms with van der Waals surface area (Å²) in [7, 11) is -2.71. The minimum Gasteiger partial charge on any atom is -0.468 e. The van der Waals surface area contributed by atoms with Gasteiger partial charge >= 0.3 is 5.97 Å². The molecule has 3 N–H and O–H groups in total. The van der Waals surface area contributed by atoms with Crippen molar-refractivity contribution < 1.29 is 22.5 Å². The fourth-order valence-corrected chi connectivity index (χ4v) is 1.62. The highest BCUT2D eigenvalue weighted by Crippen LogP contribution is 2.08. The molecule has 1 aromatic carbocycles. The molecular formula is C13H19NO5S. The Morgan fingerprint density at radius 3 is 2.30 bits per heavy atom. The van der Waals surface area contributed by atoms with E-state index >= 15 is 0 Å². The number of rotatable bonds is 4. The molecule has 0 saturated carbocycles. The Balaban J connectivity index is 0.000000370. The maximum Gasteiger partial charge on any atom is 0.322 e. The SMILES string of the molecule is C=CCC(N)C(=O)OC.Cc1ccc(S(=O)(=O)O)cc1. The molecule has 1 aromatic rings. The van der Waals surface area contributed by atoms with E-state index < -0.39 is 22.1 Å². The molecule has 1 rings (SSSR count). The van der Waals surface area contributed by atoms with Crippen molar-refractivity contribution in [3.63, 3.8) is 0 Å². The highest BCUT2D eigenvalue weighted by Gasteiger charge is 2.09. The number of ether oxygens (including phenoxy) is 1. The molecule has 0 saturated heterocycles. The van der Waals surface area contributed by atoms with E-state index in [9.17, 15) is 13.2 Å². The Morgan fingerprint density at radius 1 is 1.45 bits per heavy atom. The first-order valence-corrected chi connectivity index (χ1v) is 7.14. The molecular weight excluding hydrogens is 282 g/mol. The van der Waals surface area contributed by atoms with E-state index in [2.05, 4.69) is 11.3 Å². The Morgan fingerprint density at radius 2 is 1.95 bits per heavy atom. The van der Waals surface area contributed by atoms with Crippen LogP contribution >= 0.6 is 0 Å². The number of hydrogen-bond acceptors (Lipinski definition) is 5. The molecule has 112 valence electrons. The number of aryl methyl sites for hydroxylation is 1. The standard InChI is InChI=1S/C7H8O3S.C6H11NO2/c1-6-2-4-7(5-3-6)11(8,9)10;1-3-4-5(7)6(8)9-2/h2-5H,1H3,(H,8,9,10);3,5H,1,4,7H2,2H3. The van der Waals surface area contributed by atoms with Gasteiger partial charge in [-0.25, -0.2) is 0 Å². The Labute approximate surface area is 119 Å². The topological polar surface area (TPSA) is 107 Å². The van der Waals surface area contributed by atoms with Crippen LogP contribution in [0.2, 0.25) is 0 Å². The van der Waals surface area contributed by atoms with E-state index in [-0.39, 0.29) is 4.90 Å². The van der Waals surface area contributed by atoms with Gasteiger partial charge in [0.2, 0.25) is 0 Å². The van der Waals surface area contributed by atoms with Gasteiger partial charge in [-0.05, 0) is 25.5 Å². The normalized spacial score (nSPS) is 11.8. The van der Waals surface area contributed by atoms with Crippen LogP contribution in [0, 0.1) is 6.92 Å². The van der Waals surface area contributed by atoms with E-state index in [1.54, 1.807) is 18.2 Å². The van der Waals surface area contributed by atoms with Crippen molar-refractivity contribution in [2.24, 2.45) is 5.73 Å². The summed E-state index contributed by atoms with van der Waals surface area (Å²) in [6.45, 7) is 5.27. The van der Waals surface area contributed by atoms with Gasteiger partial charge in [-0.15, -0.1) is 6.58 Å². The van der Waals surface area contributed by atoms with Crippen LogP contribution in [-0.2, 0) is 19.6 Å². The lowest BCUT2D eigenvalue weighted by Crippen LogP contribution is -2.30. The molecule has 0 fully saturated rings. The Hall–Kier alpha value is -1.70. The number of esters is 1. The summed E-state index contributed by atoms with van der Waals surface area (Å²) in [5, 5.41) is 0. The first kappa shape index (κ1) is 18.3. The van der Waals surface area contributed by atoms with Crippen molar-refractivity contribution in [2.75, 3.05) is 7.11 Å². The van der Waals surface area contributed by atoms with E-state index in [1.165, 1.54) is 19.2 Å². The third kappa shape index (κ3) is 7.03. The fourth-order valence-electron chi connectivity index (χ4n) is 1.14. The molecule has 7 heteroatoms. The van der Waals surface area contributed by atoms with Crippen LogP contribution in [0.3, 0.4) is 0 Å². The first-order chi connectivity index (χ1) is 9.22. The van der Waals surface area contributed by atoms with E-state index in [1.807, 2.05) is 6.92 Å². The van der Waals surface area contributed by atoms with Gasteiger partial charge in [-0.1, -0.05) is 23.8 Å². The van der Waals surface area contributed by atoms with Crippen LogP contribution < -0.4 is 5.73 Å². The van der Waals surface area contributed by atoms with E-state index in [0.717, 1.165) is 5.56 Å². The van der Waals surface area contributed by atoms with Gasteiger partial charge in [-0.3, -0.25) is 9.35 Å². The van der Waals surface area contributed by atoms with Gasteiger partial charge in [-0.2, -0.15) is 8.42 Å². The largest absolute Gasteiger partial charge is 0.468 e. The molecule has 0 radical (unpaired) electrons. The average molecular weight is 301 g/mol. The lowest BCUT2D eigenvalue weighted by Gasteiger charge is -2.03. The van der Waals surface area contributed by atoms with Crippen LogP contribution in [0.25, 0.3) is 0 Å². The summed E-state index contributed by atoms with van der Waals surface area (Å²) in [4.78, 5) is 10.4. The molecule has 0 heterocycles. The van der Waals surface area contributed by atoms with Crippen LogP contribution in [0.5, 0.6) is 0 Å².